The second-order valence-electron chi connectivity index (χ2n) is 6.89. The molecule has 0 spiro atoms. The van der Waals surface area contributed by atoms with E-state index < -0.39 is 0 Å². The molecule has 2 heterocycles. The van der Waals surface area contributed by atoms with Gasteiger partial charge in [0.2, 0.25) is 0 Å². The first kappa shape index (κ1) is 18.0. The van der Waals surface area contributed by atoms with Crippen molar-refractivity contribution in [1.82, 2.24) is 15.0 Å². The minimum Gasteiger partial charge on any atom is -0.493 e. The highest BCUT2D eigenvalue weighted by Gasteiger charge is 2.12. The first-order valence-corrected chi connectivity index (χ1v) is 8.99. The van der Waals surface area contributed by atoms with Crippen LogP contribution in [0.3, 0.4) is 0 Å². The molecule has 0 unspecified atom stereocenters. The summed E-state index contributed by atoms with van der Waals surface area (Å²) in [6.07, 6.45) is 2.31. The normalized spacial score (nSPS) is 11.1. The fourth-order valence-corrected chi connectivity index (χ4v) is 3.33. The molecular weight excluding hydrogens is 354 g/mol. The molecule has 0 saturated heterocycles. The van der Waals surface area contributed by atoms with Crippen LogP contribution in [0, 0.1) is 13.8 Å². The highest BCUT2D eigenvalue weighted by atomic mass is 16.5. The first-order chi connectivity index (χ1) is 13.5. The van der Waals surface area contributed by atoms with E-state index in [1.165, 1.54) is 18.2 Å². The van der Waals surface area contributed by atoms with Crippen LogP contribution >= 0.6 is 0 Å². The highest BCUT2D eigenvalue weighted by molar-refractivity contribution is 5.82. The fourth-order valence-electron chi connectivity index (χ4n) is 3.33. The molecule has 0 aliphatic heterocycles. The molecule has 0 bridgehead atoms. The summed E-state index contributed by atoms with van der Waals surface area (Å²) in [4.78, 5) is 24.6. The fraction of sp³-hybridized carbons (Fsp3) is 0.227. The second-order valence-corrected chi connectivity index (χ2v) is 6.89. The van der Waals surface area contributed by atoms with Crippen molar-refractivity contribution in [3.05, 3.63) is 69.4 Å². The summed E-state index contributed by atoms with van der Waals surface area (Å²) in [5.41, 5.74) is 4.75. The molecule has 4 rings (SSSR count). The number of benzene rings is 2. The number of hydrogen-bond donors (Lipinski definition) is 1. The summed E-state index contributed by atoms with van der Waals surface area (Å²) in [6.45, 7) is 4.17. The molecular formula is C22H21N3O3. The third-order valence-corrected chi connectivity index (χ3v) is 4.98. The van der Waals surface area contributed by atoms with Gasteiger partial charge >= 0.3 is 0 Å². The van der Waals surface area contributed by atoms with Crippen molar-refractivity contribution in [2.75, 3.05) is 14.2 Å². The van der Waals surface area contributed by atoms with Crippen LogP contribution in [0.1, 0.15) is 22.5 Å². The van der Waals surface area contributed by atoms with E-state index in [4.69, 9.17) is 9.47 Å². The van der Waals surface area contributed by atoms with Crippen molar-refractivity contribution in [3.8, 4) is 11.5 Å². The van der Waals surface area contributed by atoms with Crippen molar-refractivity contribution in [2.24, 2.45) is 0 Å². The molecule has 0 fully saturated rings. The number of aromatic nitrogens is 3. The topological polar surface area (TPSA) is 77.1 Å². The quantitative estimate of drug-likeness (QED) is 0.589. The lowest BCUT2D eigenvalue weighted by atomic mass is 10.0. The lowest BCUT2D eigenvalue weighted by Gasteiger charge is -2.10. The van der Waals surface area contributed by atoms with Gasteiger partial charge in [-0.25, -0.2) is 4.98 Å². The van der Waals surface area contributed by atoms with Crippen molar-refractivity contribution < 1.29 is 9.47 Å². The maximum Gasteiger partial charge on any atom is 0.258 e. The number of aryl methyl sites for hydroxylation is 2. The van der Waals surface area contributed by atoms with E-state index in [0.717, 1.165) is 16.5 Å². The molecule has 1 N–H and O–H groups in total. The molecule has 28 heavy (non-hydrogen) atoms. The van der Waals surface area contributed by atoms with Gasteiger partial charge in [-0.1, -0.05) is 0 Å². The molecule has 0 aliphatic rings. The molecule has 6 heteroatoms. The Bertz CT molecular complexity index is 1260. The van der Waals surface area contributed by atoms with Gasteiger partial charge < -0.3 is 14.5 Å². The summed E-state index contributed by atoms with van der Waals surface area (Å²) in [7, 11) is 3.10. The zero-order valence-electron chi connectivity index (χ0n) is 16.3. The number of ether oxygens (including phenoxy) is 2. The smallest absolute Gasteiger partial charge is 0.258 e. The zero-order chi connectivity index (χ0) is 19.8. The van der Waals surface area contributed by atoms with Crippen molar-refractivity contribution >= 4 is 21.8 Å². The minimum atomic E-state index is -0.207. The molecule has 0 saturated carbocycles. The number of fused-ring (bicyclic) bond motifs is 2. The Labute approximate surface area is 162 Å². The Morgan fingerprint density at radius 2 is 1.64 bits per heavy atom. The zero-order valence-corrected chi connectivity index (χ0v) is 16.3. The number of hydrogen-bond acceptors (Lipinski definition) is 5. The van der Waals surface area contributed by atoms with Crippen LogP contribution in [0.5, 0.6) is 11.5 Å². The van der Waals surface area contributed by atoms with E-state index in [2.05, 4.69) is 47.0 Å². The van der Waals surface area contributed by atoms with Crippen LogP contribution in [0.4, 0.5) is 0 Å². The molecule has 142 valence electrons. The average Bonchev–Trinajstić information content (AvgIpc) is 2.68. The Hall–Kier alpha value is -3.41. The van der Waals surface area contributed by atoms with E-state index >= 15 is 0 Å². The first-order valence-electron chi connectivity index (χ1n) is 8.99. The van der Waals surface area contributed by atoms with Crippen molar-refractivity contribution in [3.63, 3.8) is 0 Å². The SMILES string of the molecule is COc1cc2nc(Cc3cnc4cc(C)c(C)cc4c3)[nH]c(=O)c2cc1OC. The average molecular weight is 375 g/mol. The van der Waals surface area contributed by atoms with Gasteiger partial charge in [-0.3, -0.25) is 9.78 Å². The summed E-state index contributed by atoms with van der Waals surface area (Å²) in [5, 5.41) is 1.54. The predicted octanol–water partition coefficient (Wildman–Crippen LogP) is 3.70. The molecule has 0 radical (unpaired) electrons. The molecule has 2 aromatic heterocycles. The highest BCUT2D eigenvalue weighted by Crippen LogP contribution is 2.30. The van der Waals surface area contributed by atoms with Gasteiger partial charge in [-0.05, 0) is 54.8 Å². The number of H-pyrrole nitrogens is 1. The summed E-state index contributed by atoms with van der Waals surface area (Å²) in [6, 6.07) is 9.68. The number of rotatable bonds is 4. The van der Waals surface area contributed by atoms with E-state index in [9.17, 15) is 4.79 Å². The van der Waals surface area contributed by atoms with Crippen LogP contribution in [0.25, 0.3) is 21.8 Å². The number of nitrogens with zero attached hydrogens (tertiary/aromatic N) is 2. The summed E-state index contributed by atoms with van der Waals surface area (Å²) < 4.78 is 10.6. The molecule has 0 amide bonds. The lowest BCUT2D eigenvalue weighted by Crippen LogP contribution is -2.12. The van der Waals surface area contributed by atoms with Crippen LogP contribution in [0.15, 0.2) is 41.3 Å². The molecule has 0 aliphatic carbocycles. The third-order valence-electron chi connectivity index (χ3n) is 4.98. The predicted molar refractivity (Wildman–Crippen MR) is 109 cm³/mol. The number of pyridine rings is 1. The van der Waals surface area contributed by atoms with Crippen LogP contribution in [-0.2, 0) is 6.42 Å². The van der Waals surface area contributed by atoms with Crippen molar-refractivity contribution in [1.29, 1.82) is 0 Å². The van der Waals surface area contributed by atoms with Gasteiger partial charge in [0.05, 0.1) is 30.6 Å². The Balaban J connectivity index is 1.76. The number of aromatic amines is 1. The van der Waals surface area contributed by atoms with Gasteiger partial charge in [0, 0.05) is 24.1 Å². The summed E-state index contributed by atoms with van der Waals surface area (Å²) >= 11 is 0. The van der Waals surface area contributed by atoms with Gasteiger partial charge in [0.25, 0.3) is 5.56 Å². The van der Waals surface area contributed by atoms with Gasteiger partial charge in [-0.15, -0.1) is 0 Å². The van der Waals surface area contributed by atoms with Gasteiger partial charge in [0.1, 0.15) is 5.82 Å². The number of nitrogens with one attached hydrogen (secondary N) is 1. The van der Waals surface area contributed by atoms with Crippen LogP contribution < -0.4 is 15.0 Å². The molecule has 2 aromatic carbocycles. The Morgan fingerprint density at radius 3 is 2.39 bits per heavy atom. The Kier molecular flexibility index (Phi) is 4.47. The van der Waals surface area contributed by atoms with Gasteiger partial charge in [0.15, 0.2) is 11.5 Å². The van der Waals surface area contributed by atoms with E-state index in [1.807, 2.05) is 6.20 Å². The maximum absolute atomic E-state index is 12.5. The van der Waals surface area contributed by atoms with E-state index in [-0.39, 0.29) is 5.56 Å². The van der Waals surface area contributed by atoms with E-state index in [1.54, 1.807) is 19.2 Å². The number of methoxy groups -OCH3 is 2. The molecule has 4 aromatic rings. The molecule has 0 atom stereocenters. The monoisotopic (exact) mass is 375 g/mol. The largest absolute Gasteiger partial charge is 0.493 e. The second kappa shape index (κ2) is 6.96. The molecule has 6 nitrogen and oxygen atoms in total. The Morgan fingerprint density at radius 1 is 0.929 bits per heavy atom. The van der Waals surface area contributed by atoms with Crippen LogP contribution in [0.2, 0.25) is 0 Å². The van der Waals surface area contributed by atoms with Gasteiger partial charge in [-0.2, -0.15) is 0 Å². The third kappa shape index (κ3) is 3.17. The minimum absolute atomic E-state index is 0.207. The van der Waals surface area contributed by atoms with E-state index in [0.29, 0.717) is 34.6 Å². The lowest BCUT2D eigenvalue weighted by molar-refractivity contribution is 0.355. The summed E-state index contributed by atoms with van der Waals surface area (Å²) in [5.74, 6) is 1.62. The van der Waals surface area contributed by atoms with Crippen molar-refractivity contribution in [2.45, 2.75) is 20.3 Å². The van der Waals surface area contributed by atoms with Crippen LogP contribution in [-0.4, -0.2) is 29.2 Å². The maximum atomic E-state index is 12.5. The standard InChI is InChI=1S/C22H21N3O3/c1-12-5-15-7-14(11-23-17(15)6-13(12)2)8-21-24-18-10-20(28-4)19(27-3)9-16(18)22(26)25-21/h5-7,9-11H,8H2,1-4H3,(H,24,25,26).